The van der Waals surface area contributed by atoms with Crippen molar-refractivity contribution in [1.29, 1.82) is 0 Å². The number of urea groups is 1. The Bertz CT molecular complexity index is 1590. The number of nitrogens with zero attached hydrogens (tertiary/aromatic N) is 3. The lowest BCUT2D eigenvalue weighted by atomic mass is 9.96. The quantitative estimate of drug-likeness (QED) is 0.296. The fourth-order valence-electron chi connectivity index (χ4n) is 5.36. The van der Waals surface area contributed by atoms with Gasteiger partial charge in [-0.2, -0.15) is 13.2 Å². The molecule has 0 radical (unpaired) electrons. The Morgan fingerprint density at radius 1 is 0.925 bits per heavy atom. The third-order valence-electron chi connectivity index (χ3n) is 7.34. The summed E-state index contributed by atoms with van der Waals surface area (Å²) in [5.74, 6) is -0.280. The third kappa shape index (κ3) is 4.83. The van der Waals surface area contributed by atoms with Crippen LogP contribution in [0.1, 0.15) is 41.3 Å². The Hall–Kier alpha value is -4.53. The van der Waals surface area contributed by atoms with Crippen LogP contribution in [-0.4, -0.2) is 34.0 Å². The fraction of sp³-hybridized carbons (Fsp3) is 0.226. The first-order chi connectivity index (χ1) is 19.2. The van der Waals surface area contributed by atoms with Crippen molar-refractivity contribution in [2.45, 2.75) is 38.0 Å². The first kappa shape index (κ1) is 25.7. The maximum atomic E-state index is 14.2. The van der Waals surface area contributed by atoms with Crippen molar-refractivity contribution in [2.24, 2.45) is 0 Å². The van der Waals surface area contributed by atoms with Gasteiger partial charge in [0.05, 0.1) is 22.6 Å². The van der Waals surface area contributed by atoms with Crippen LogP contribution in [-0.2, 0) is 11.0 Å². The number of rotatable bonds is 5. The molecule has 4 aromatic rings. The average Bonchev–Trinajstić information content (AvgIpc) is 3.65. The van der Waals surface area contributed by atoms with Crippen molar-refractivity contribution in [3.8, 4) is 5.69 Å². The highest BCUT2D eigenvalue weighted by Crippen LogP contribution is 2.43. The van der Waals surface area contributed by atoms with Crippen LogP contribution >= 0.6 is 0 Å². The van der Waals surface area contributed by atoms with E-state index in [0.717, 1.165) is 53.2 Å². The molecule has 0 saturated heterocycles. The first-order valence-corrected chi connectivity index (χ1v) is 13.1. The molecule has 2 aliphatic rings. The number of fused-ring (bicyclic) bond motifs is 3. The molecule has 204 valence electrons. The number of alkyl halides is 3. The van der Waals surface area contributed by atoms with Gasteiger partial charge >= 0.3 is 12.2 Å². The minimum atomic E-state index is -4.53. The Balaban J connectivity index is 1.33. The van der Waals surface area contributed by atoms with E-state index in [9.17, 15) is 22.8 Å². The van der Waals surface area contributed by atoms with Crippen molar-refractivity contribution in [3.63, 3.8) is 0 Å². The van der Waals surface area contributed by atoms with Crippen LogP contribution in [0.25, 0.3) is 5.69 Å². The molecule has 3 aromatic carbocycles. The van der Waals surface area contributed by atoms with Gasteiger partial charge in [0.2, 0.25) is 5.91 Å². The Morgan fingerprint density at radius 3 is 2.40 bits per heavy atom. The molecule has 9 heteroatoms. The van der Waals surface area contributed by atoms with Crippen molar-refractivity contribution in [2.75, 3.05) is 16.8 Å². The number of carbonyl (C=O) groups is 2. The topological polar surface area (TPSA) is 57.6 Å². The second-order valence-corrected chi connectivity index (χ2v) is 10.2. The number of aromatic nitrogens is 1. The van der Waals surface area contributed by atoms with Crippen LogP contribution < -0.4 is 10.2 Å². The van der Waals surface area contributed by atoms with Crippen molar-refractivity contribution in [1.82, 2.24) is 9.47 Å². The maximum absolute atomic E-state index is 14.2. The maximum Gasteiger partial charge on any atom is 0.416 e. The van der Waals surface area contributed by atoms with E-state index in [4.69, 9.17) is 0 Å². The van der Waals surface area contributed by atoms with E-state index >= 15 is 0 Å². The van der Waals surface area contributed by atoms with E-state index in [1.54, 1.807) is 4.90 Å². The van der Waals surface area contributed by atoms with Gasteiger partial charge in [-0.05, 0) is 67.8 Å². The number of carbonyl (C=O) groups excluding carboxylic acids is 2. The Kier molecular flexibility index (Phi) is 6.37. The van der Waals surface area contributed by atoms with E-state index < -0.39 is 23.8 Å². The molecule has 1 saturated carbocycles. The zero-order valence-electron chi connectivity index (χ0n) is 21.7. The summed E-state index contributed by atoms with van der Waals surface area (Å²) < 4.78 is 41.7. The first-order valence-electron chi connectivity index (χ1n) is 13.1. The van der Waals surface area contributed by atoms with Gasteiger partial charge in [0, 0.05) is 17.9 Å². The van der Waals surface area contributed by atoms with Gasteiger partial charge in [0.25, 0.3) is 0 Å². The van der Waals surface area contributed by atoms with Gasteiger partial charge in [-0.25, -0.2) is 4.79 Å². The number of amides is 3. The second kappa shape index (κ2) is 9.89. The van der Waals surface area contributed by atoms with E-state index in [-0.39, 0.29) is 24.2 Å². The van der Waals surface area contributed by atoms with Crippen LogP contribution in [0.4, 0.5) is 29.3 Å². The highest BCUT2D eigenvalue weighted by molar-refractivity contribution is 6.01. The SMILES string of the molecule is Cc1cccc(C2c3cccn3-c3ccccc3N2C(=O)CN(C(=O)Nc2cccc(C(F)(F)F)c2)C2CC2)c1. The van der Waals surface area contributed by atoms with Crippen molar-refractivity contribution < 1.29 is 22.8 Å². The molecule has 1 atom stereocenters. The molecule has 1 aliphatic heterocycles. The molecule has 1 N–H and O–H groups in total. The zero-order valence-corrected chi connectivity index (χ0v) is 21.7. The standard InChI is InChI=1S/C31H27F3N4O2/c1-20-7-4-8-21(17-20)29-27-13-6-16-36(27)25-11-2-3-12-26(25)38(29)28(39)19-37(24-14-15-24)30(40)35-23-10-5-9-22(18-23)31(32,33)34/h2-13,16-18,24,29H,14-15,19H2,1H3,(H,35,40). The summed E-state index contributed by atoms with van der Waals surface area (Å²) in [5, 5.41) is 2.58. The highest BCUT2D eigenvalue weighted by Gasteiger charge is 2.40. The van der Waals surface area contributed by atoms with E-state index in [0.29, 0.717) is 0 Å². The summed E-state index contributed by atoms with van der Waals surface area (Å²) in [7, 11) is 0. The number of hydrogen-bond acceptors (Lipinski definition) is 2. The van der Waals surface area contributed by atoms with Gasteiger partial charge in [-0.15, -0.1) is 0 Å². The summed E-state index contributed by atoms with van der Waals surface area (Å²) in [5.41, 5.74) is 3.66. The molecule has 0 bridgehead atoms. The molecule has 6 nitrogen and oxygen atoms in total. The molecule has 3 amide bonds. The summed E-state index contributed by atoms with van der Waals surface area (Å²) in [6, 6.07) is 22.9. The number of para-hydroxylation sites is 2. The van der Waals surface area contributed by atoms with E-state index in [1.807, 2.05) is 67.7 Å². The van der Waals surface area contributed by atoms with Crippen molar-refractivity contribution in [3.05, 3.63) is 114 Å². The molecule has 1 unspecified atom stereocenters. The zero-order chi connectivity index (χ0) is 28.0. The molecular formula is C31H27F3N4O2. The molecule has 1 fully saturated rings. The summed E-state index contributed by atoms with van der Waals surface area (Å²) in [4.78, 5) is 30.7. The predicted octanol–water partition coefficient (Wildman–Crippen LogP) is 6.94. The molecule has 2 heterocycles. The number of anilines is 2. The van der Waals surface area contributed by atoms with E-state index in [1.165, 1.54) is 17.0 Å². The minimum absolute atomic E-state index is 0.0247. The summed E-state index contributed by atoms with van der Waals surface area (Å²) in [6.45, 7) is 1.78. The lowest BCUT2D eigenvalue weighted by Gasteiger charge is -2.39. The average molecular weight is 545 g/mol. The van der Waals surface area contributed by atoms with Crippen LogP contribution in [0.15, 0.2) is 91.1 Å². The van der Waals surface area contributed by atoms with Crippen molar-refractivity contribution >= 4 is 23.3 Å². The number of benzene rings is 3. The summed E-state index contributed by atoms with van der Waals surface area (Å²) in [6.07, 6.45) is -1.11. The lowest BCUT2D eigenvalue weighted by Crippen LogP contribution is -2.48. The van der Waals surface area contributed by atoms with Crippen LogP contribution in [0.2, 0.25) is 0 Å². The van der Waals surface area contributed by atoms with Gasteiger partial charge in [0.1, 0.15) is 12.6 Å². The largest absolute Gasteiger partial charge is 0.416 e. The summed E-state index contributed by atoms with van der Waals surface area (Å²) >= 11 is 0. The predicted molar refractivity (Wildman–Crippen MR) is 146 cm³/mol. The number of halogens is 3. The van der Waals surface area contributed by atoms with Gasteiger partial charge in [-0.1, -0.05) is 48.0 Å². The third-order valence-corrected chi connectivity index (χ3v) is 7.34. The molecule has 0 spiro atoms. The number of hydrogen-bond donors (Lipinski definition) is 1. The molecule has 40 heavy (non-hydrogen) atoms. The van der Waals surface area contributed by atoms with Gasteiger partial charge < -0.3 is 14.8 Å². The second-order valence-electron chi connectivity index (χ2n) is 10.2. The molecule has 6 rings (SSSR count). The Morgan fingerprint density at radius 2 is 1.68 bits per heavy atom. The normalized spacial score (nSPS) is 16.2. The highest BCUT2D eigenvalue weighted by atomic mass is 19.4. The minimum Gasteiger partial charge on any atom is -0.316 e. The molecule has 1 aliphatic carbocycles. The van der Waals surface area contributed by atoms with E-state index in [2.05, 4.69) is 16.0 Å². The fourth-order valence-corrected chi connectivity index (χ4v) is 5.36. The molecule has 1 aromatic heterocycles. The lowest BCUT2D eigenvalue weighted by molar-refractivity contribution is -0.137. The van der Waals surface area contributed by atoms with Gasteiger partial charge in [-0.3, -0.25) is 9.69 Å². The van der Waals surface area contributed by atoms with Crippen LogP contribution in [0.3, 0.4) is 0 Å². The molecular weight excluding hydrogens is 517 g/mol. The number of nitrogens with one attached hydrogen (secondary N) is 1. The van der Waals surface area contributed by atoms with Crippen LogP contribution in [0.5, 0.6) is 0 Å². The van der Waals surface area contributed by atoms with Gasteiger partial charge in [0.15, 0.2) is 0 Å². The smallest absolute Gasteiger partial charge is 0.316 e. The monoisotopic (exact) mass is 544 g/mol. The van der Waals surface area contributed by atoms with Crippen LogP contribution in [0, 0.1) is 6.92 Å². The number of aryl methyl sites for hydroxylation is 1. The Labute approximate surface area is 229 Å².